The number of hydrogen-bond acceptors (Lipinski definition) is 4. The molecule has 0 saturated heterocycles. The number of nitrogens with one attached hydrogen (secondary N) is 1. The van der Waals surface area contributed by atoms with Crippen LogP contribution in [0, 0.1) is 0 Å². The van der Waals surface area contributed by atoms with Crippen molar-refractivity contribution in [2.24, 2.45) is 0 Å². The van der Waals surface area contributed by atoms with Gasteiger partial charge in [0.1, 0.15) is 11.6 Å². The fourth-order valence-corrected chi connectivity index (χ4v) is 3.75. The maximum absolute atomic E-state index is 5.60. The lowest BCUT2D eigenvalue weighted by Crippen LogP contribution is -2.36. The Morgan fingerprint density at radius 3 is 2.96 bits per heavy atom. The Hall–Kier alpha value is -3.12. The van der Waals surface area contributed by atoms with Gasteiger partial charge in [-0.05, 0) is 36.4 Å². The van der Waals surface area contributed by atoms with E-state index in [0.717, 1.165) is 42.5 Å². The molecule has 0 bridgehead atoms. The van der Waals surface area contributed by atoms with Gasteiger partial charge in [0.05, 0.1) is 30.9 Å². The van der Waals surface area contributed by atoms with Crippen LogP contribution in [0.2, 0.25) is 0 Å². The van der Waals surface area contributed by atoms with Crippen molar-refractivity contribution in [3.63, 3.8) is 0 Å². The second kappa shape index (κ2) is 6.31. The number of imidazole rings is 1. The first-order chi connectivity index (χ1) is 12.9. The van der Waals surface area contributed by atoms with Crippen molar-refractivity contribution >= 4 is 0 Å². The number of aromatic nitrogens is 4. The van der Waals surface area contributed by atoms with Crippen LogP contribution in [-0.2, 0) is 13.0 Å². The molecule has 4 aromatic heterocycles. The molecular formula is C20H19N5O. The highest BCUT2D eigenvalue weighted by atomic mass is 16.3. The molecule has 0 fully saturated rings. The van der Waals surface area contributed by atoms with Crippen LogP contribution in [0.1, 0.15) is 28.9 Å². The zero-order valence-corrected chi connectivity index (χ0v) is 14.2. The maximum Gasteiger partial charge on any atom is 0.136 e. The van der Waals surface area contributed by atoms with E-state index in [1.165, 1.54) is 5.69 Å². The van der Waals surface area contributed by atoms with E-state index in [4.69, 9.17) is 4.42 Å². The van der Waals surface area contributed by atoms with E-state index in [9.17, 15) is 0 Å². The summed E-state index contributed by atoms with van der Waals surface area (Å²) in [5, 5.41) is 0. The Morgan fingerprint density at radius 2 is 2.12 bits per heavy atom. The molecule has 0 amide bonds. The predicted octanol–water partition coefficient (Wildman–Crippen LogP) is 3.34. The van der Waals surface area contributed by atoms with Crippen LogP contribution < -0.4 is 0 Å². The molecule has 0 aliphatic carbocycles. The van der Waals surface area contributed by atoms with Gasteiger partial charge in [-0.1, -0.05) is 6.07 Å². The largest absolute Gasteiger partial charge is 0.468 e. The standard InChI is InChI=1S/C20H19N5O/c1-2-9-21-18(7-1)25-10-3-6-17(25)20-19-16(22-14-23-19)8-11-24(20)13-15-5-4-12-26-15/h1-7,9-10,12,14,20H,8,11,13H2,(H,22,23). The summed E-state index contributed by atoms with van der Waals surface area (Å²) >= 11 is 0. The Bertz CT molecular complexity index is 986. The molecule has 6 nitrogen and oxygen atoms in total. The second-order valence-corrected chi connectivity index (χ2v) is 6.46. The minimum atomic E-state index is 0.0482. The van der Waals surface area contributed by atoms with Gasteiger partial charge < -0.3 is 14.0 Å². The summed E-state index contributed by atoms with van der Waals surface area (Å²) in [5.41, 5.74) is 3.45. The third-order valence-corrected chi connectivity index (χ3v) is 4.92. The number of pyridine rings is 1. The summed E-state index contributed by atoms with van der Waals surface area (Å²) in [6.45, 7) is 1.69. The molecule has 5 heterocycles. The Balaban J connectivity index is 1.59. The van der Waals surface area contributed by atoms with E-state index >= 15 is 0 Å². The highest BCUT2D eigenvalue weighted by Gasteiger charge is 2.33. The van der Waals surface area contributed by atoms with Crippen molar-refractivity contribution in [1.29, 1.82) is 0 Å². The first-order valence-corrected chi connectivity index (χ1v) is 8.77. The molecule has 4 aromatic rings. The average molecular weight is 345 g/mol. The van der Waals surface area contributed by atoms with Gasteiger partial charge >= 0.3 is 0 Å². The van der Waals surface area contributed by atoms with Gasteiger partial charge in [0.25, 0.3) is 0 Å². The number of fused-ring (bicyclic) bond motifs is 1. The molecule has 0 spiro atoms. The summed E-state index contributed by atoms with van der Waals surface area (Å²) in [5.74, 6) is 1.87. The van der Waals surface area contributed by atoms with E-state index in [-0.39, 0.29) is 6.04 Å². The van der Waals surface area contributed by atoms with Crippen LogP contribution in [-0.4, -0.2) is 31.0 Å². The first kappa shape index (κ1) is 15.2. The van der Waals surface area contributed by atoms with Crippen molar-refractivity contribution in [1.82, 2.24) is 24.4 Å². The highest BCUT2D eigenvalue weighted by Crippen LogP contribution is 2.35. The minimum Gasteiger partial charge on any atom is -0.468 e. The van der Waals surface area contributed by atoms with Gasteiger partial charge in [0.15, 0.2) is 0 Å². The second-order valence-electron chi connectivity index (χ2n) is 6.46. The number of aromatic amines is 1. The van der Waals surface area contributed by atoms with Crippen molar-refractivity contribution in [3.05, 3.63) is 90.3 Å². The third kappa shape index (κ3) is 2.55. The molecule has 1 aliphatic rings. The van der Waals surface area contributed by atoms with Crippen molar-refractivity contribution in [2.75, 3.05) is 6.54 Å². The Morgan fingerprint density at radius 1 is 1.12 bits per heavy atom. The SMILES string of the molecule is c1ccc(-n2cccc2C2c3nc[nH]c3CCN2Cc2ccco2)nc1. The van der Waals surface area contributed by atoms with Crippen LogP contribution >= 0.6 is 0 Å². The molecule has 1 unspecified atom stereocenters. The lowest BCUT2D eigenvalue weighted by molar-refractivity contribution is 0.181. The van der Waals surface area contributed by atoms with Gasteiger partial charge in [-0.2, -0.15) is 0 Å². The van der Waals surface area contributed by atoms with Crippen LogP contribution in [0.25, 0.3) is 5.82 Å². The number of nitrogens with zero attached hydrogens (tertiary/aromatic N) is 4. The van der Waals surface area contributed by atoms with Gasteiger partial charge in [-0.15, -0.1) is 0 Å². The van der Waals surface area contributed by atoms with Crippen LogP contribution in [0.4, 0.5) is 0 Å². The number of hydrogen-bond donors (Lipinski definition) is 1. The number of rotatable bonds is 4. The number of furan rings is 1. The summed E-state index contributed by atoms with van der Waals surface area (Å²) in [6.07, 6.45) is 8.36. The summed E-state index contributed by atoms with van der Waals surface area (Å²) in [7, 11) is 0. The normalized spacial score (nSPS) is 17.3. The monoisotopic (exact) mass is 345 g/mol. The highest BCUT2D eigenvalue weighted by molar-refractivity contribution is 5.35. The van der Waals surface area contributed by atoms with Gasteiger partial charge in [0, 0.05) is 36.7 Å². The molecule has 1 aliphatic heterocycles. The Labute approximate surface area is 151 Å². The summed E-state index contributed by atoms with van der Waals surface area (Å²) in [4.78, 5) is 14.9. The minimum absolute atomic E-state index is 0.0482. The first-order valence-electron chi connectivity index (χ1n) is 8.77. The zero-order valence-electron chi connectivity index (χ0n) is 14.2. The fraction of sp³-hybridized carbons (Fsp3) is 0.200. The van der Waals surface area contributed by atoms with Crippen LogP contribution in [0.5, 0.6) is 0 Å². The average Bonchev–Trinajstić information content (AvgIpc) is 3.44. The maximum atomic E-state index is 5.60. The molecule has 1 atom stereocenters. The summed E-state index contributed by atoms with van der Waals surface area (Å²) in [6, 6.07) is 14.2. The molecule has 5 rings (SSSR count). The quantitative estimate of drug-likeness (QED) is 0.616. The van der Waals surface area contributed by atoms with Gasteiger partial charge in [-0.25, -0.2) is 9.97 Å². The molecule has 0 saturated carbocycles. The molecule has 130 valence electrons. The Kier molecular flexibility index (Phi) is 3.68. The lowest BCUT2D eigenvalue weighted by atomic mass is 9.99. The smallest absolute Gasteiger partial charge is 0.136 e. The van der Waals surface area contributed by atoms with Crippen LogP contribution in [0.15, 0.2) is 71.9 Å². The van der Waals surface area contributed by atoms with Gasteiger partial charge in [-0.3, -0.25) is 4.90 Å². The van der Waals surface area contributed by atoms with E-state index in [1.807, 2.05) is 36.5 Å². The third-order valence-electron chi connectivity index (χ3n) is 4.92. The van der Waals surface area contributed by atoms with Crippen molar-refractivity contribution in [2.45, 2.75) is 19.0 Å². The molecule has 0 aromatic carbocycles. The van der Waals surface area contributed by atoms with E-state index in [2.05, 4.69) is 42.7 Å². The molecule has 6 heteroatoms. The van der Waals surface area contributed by atoms with E-state index < -0.39 is 0 Å². The molecule has 1 N–H and O–H groups in total. The molecular weight excluding hydrogens is 326 g/mol. The molecule has 0 radical (unpaired) electrons. The molecule has 26 heavy (non-hydrogen) atoms. The summed E-state index contributed by atoms with van der Waals surface area (Å²) < 4.78 is 7.74. The predicted molar refractivity (Wildman–Crippen MR) is 96.8 cm³/mol. The van der Waals surface area contributed by atoms with Crippen molar-refractivity contribution < 1.29 is 4.42 Å². The van der Waals surface area contributed by atoms with E-state index in [0.29, 0.717) is 0 Å². The van der Waals surface area contributed by atoms with E-state index in [1.54, 1.807) is 12.6 Å². The fourth-order valence-electron chi connectivity index (χ4n) is 3.75. The lowest BCUT2D eigenvalue weighted by Gasteiger charge is -2.34. The number of H-pyrrole nitrogens is 1. The van der Waals surface area contributed by atoms with Crippen LogP contribution in [0.3, 0.4) is 0 Å². The van der Waals surface area contributed by atoms with Gasteiger partial charge in [0.2, 0.25) is 0 Å². The zero-order chi connectivity index (χ0) is 17.3. The van der Waals surface area contributed by atoms with Crippen molar-refractivity contribution in [3.8, 4) is 5.82 Å². The topological polar surface area (TPSA) is 62.9 Å².